The van der Waals surface area contributed by atoms with Crippen molar-refractivity contribution in [3.8, 4) is 0 Å². The van der Waals surface area contributed by atoms with Gasteiger partial charge in [0.1, 0.15) is 5.41 Å². The molecule has 2 aromatic carbocycles. The first kappa shape index (κ1) is 27.4. The van der Waals surface area contributed by atoms with Gasteiger partial charge in [0.25, 0.3) is 0 Å². The third-order valence-corrected chi connectivity index (χ3v) is 8.52. The molecule has 9 heteroatoms. The molecule has 0 unspecified atom stereocenters. The SMILES string of the molecule is CC(C)(C)C[C@H]1N[C@@H](C(=O)NCCN2CCNCC2)[C@H](c2cccc(Cl)c2)[C@@]12C(=O)Nc1cc(Cl)ccc12. The molecule has 0 aromatic heterocycles. The van der Waals surface area contributed by atoms with Crippen molar-refractivity contribution in [2.75, 3.05) is 44.6 Å². The van der Waals surface area contributed by atoms with Crippen LogP contribution in [0.5, 0.6) is 0 Å². The summed E-state index contributed by atoms with van der Waals surface area (Å²) >= 11 is 12.8. The quantitative estimate of drug-likeness (QED) is 0.434. The van der Waals surface area contributed by atoms with E-state index < -0.39 is 17.4 Å². The molecule has 4 N–H and O–H groups in total. The van der Waals surface area contributed by atoms with Gasteiger partial charge in [-0.05, 0) is 47.2 Å². The molecular weight excluding hydrogens is 521 g/mol. The highest BCUT2D eigenvalue weighted by molar-refractivity contribution is 6.31. The predicted molar refractivity (Wildman–Crippen MR) is 153 cm³/mol. The molecular formula is C29H37Cl2N5O2. The zero-order valence-electron chi connectivity index (χ0n) is 22.2. The Morgan fingerprint density at radius 1 is 1.11 bits per heavy atom. The number of anilines is 1. The van der Waals surface area contributed by atoms with Gasteiger partial charge in [-0.2, -0.15) is 0 Å². The van der Waals surface area contributed by atoms with E-state index in [-0.39, 0.29) is 23.3 Å². The van der Waals surface area contributed by atoms with Crippen LogP contribution in [0.4, 0.5) is 5.69 Å². The standard InChI is InChI=1S/C29H37Cl2N5O2/c1-28(2,3)17-23-29(21-8-7-20(31)16-22(21)34-27(29)38)24(18-5-4-6-19(30)15-18)25(35-23)26(37)33-11-14-36-12-9-32-10-13-36/h4-8,15-16,23-25,32,35H,9-14,17H2,1-3H3,(H,33,37)(H,34,38)/t23-,24+,25-,29+/m1/s1. The Bertz CT molecular complexity index is 1210. The smallest absolute Gasteiger partial charge is 0.237 e. The Balaban J connectivity index is 1.55. The molecule has 7 nitrogen and oxygen atoms in total. The van der Waals surface area contributed by atoms with Crippen LogP contribution in [0.1, 0.15) is 44.2 Å². The van der Waals surface area contributed by atoms with Crippen LogP contribution in [0.2, 0.25) is 10.0 Å². The van der Waals surface area contributed by atoms with E-state index in [1.807, 2.05) is 36.4 Å². The largest absolute Gasteiger partial charge is 0.353 e. The van der Waals surface area contributed by atoms with E-state index in [1.54, 1.807) is 6.07 Å². The highest BCUT2D eigenvalue weighted by Crippen LogP contribution is 2.56. The average Bonchev–Trinajstić information content (AvgIpc) is 3.33. The average molecular weight is 559 g/mol. The number of nitrogens with zero attached hydrogens (tertiary/aromatic N) is 1. The van der Waals surface area contributed by atoms with Gasteiger partial charge in [-0.25, -0.2) is 0 Å². The number of hydrogen-bond donors (Lipinski definition) is 4. The number of nitrogens with one attached hydrogen (secondary N) is 4. The molecule has 0 radical (unpaired) electrons. The predicted octanol–water partition coefficient (Wildman–Crippen LogP) is 3.77. The molecule has 0 saturated carbocycles. The molecule has 0 bridgehead atoms. The lowest BCUT2D eigenvalue weighted by Gasteiger charge is -2.37. The lowest BCUT2D eigenvalue weighted by Crippen LogP contribution is -2.49. The minimum Gasteiger partial charge on any atom is -0.353 e. The molecule has 5 rings (SSSR count). The zero-order valence-corrected chi connectivity index (χ0v) is 23.8. The fraction of sp³-hybridized carbons (Fsp3) is 0.517. The van der Waals surface area contributed by atoms with Crippen LogP contribution in [-0.4, -0.2) is 68.1 Å². The highest BCUT2D eigenvalue weighted by Gasteiger charge is 2.65. The van der Waals surface area contributed by atoms with Gasteiger partial charge in [0.2, 0.25) is 11.8 Å². The Hall–Kier alpha value is -2.16. The van der Waals surface area contributed by atoms with Gasteiger partial charge < -0.3 is 21.3 Å². The van der Waals surface area contributed by atoms with Crippen molar-refractivity contribution in [3.63, 3.8) is 0 Å². The molecule has 38 heavy (non-hydrogen) atoms. The van der Waals surface area contributed by atoms with E-state index in [0.29, 0.717) is 28.7 Å². The third-order valence-electron chi connectivity index (χ3n) is 8.05. The van der Waals surface area contributed by atoms with E-state index in [9.17, 15) is 9.59 Å². The van der Waals surface area contributed by atoms with Crippen LogP contribution in [0, 0.1) is 5.41 Å². The summed E-state index contributed by atoms with van der Waals surface area (Å²) < 4.78 is 0. The van der Waals surface area contributed by atoms with Crippen molar-refractivity contribution >= 4 is 40.7 Å². The number of hydrogen-bond acceptors (Lipinski definition) is 5. The first-order chi connectivity index (χ1) is 18.1. The summed E-state index contributed by atoms with van der Waals surface area (Å²) in [6, 6.07) is 12.2. The molecule has 3 heterocycles. The summed E-state index contributed by atoms with van der Waals surface area (Å²) in [5, 5.41) is 14.4. The first-order valence-electron chi connectivity index (χ1n) is 13.4. The fourth-order valence-electron chi connectivity index (χ4n) is 6.50. The second kappa shape index (κ2) is 10.8. The molecule has 2 fully saturated rings. The van der Waals surface area contributed by atoms with Crippen LogP contribution in [0.15, 0.2) is 42.5 Å². The topological polar surface area (TPSA) is 85.5 Å². The van der Waals surface area contributed by atoms with Crippen molar-refractivity contribution < 1.29 is 9.59 Å². The van der Waals surface area contributed by atoms with Gasteiger partial charge >= 0.3 is 0 Å². The minimum absolute atomic E-state index is 0.0906. The molecule has 0 aliphatic carbocycles. The molecule has 3 aliphatic heterocycles. The van der Waals surface area contributed by atoms with Crippen LogP contribution in [0.25, 0.3) is 0 Å². The normalized spacial score (nSPS) is 27.4. The number of carbonyl (C=O) groups excluding carboxylic acids is 2. The van der Waals surface area contributed by atoms with Gasteiger partial charge in [-0.1, -0.05) is 62.2 Å². The minimum atomic E-state index is -1.00. The maximum atomic E-state index is 14.1. The number of fused-ring (bicyclic) bond motifs is 2. The monoisotopic (exact) mass is 557 g/mol. The summed E-state index contributed by atoms with van der Waals surface area (Å²) in [5.74, 6) is -0.677. The van der Waals surface area contributed by atoms with Crippen LogP contribution < -0.4 is 21.3 Å². The third kappa shape index (κ3) is 5.19. The summed E-state index contributed by atoms with van der Waals surface area (Å²) in [4.78, 5) is 30.4. The maximum absolute atomic E-state index is 14.1. The van der Waals surface area contributed by atoms with Crippen molar-refractivity contribution in [2.24, 2.45) is 5.41 Å². The molecule has 4 atom stereocenters. The van der Waals surface area contributed by atoms with E-state index in [1.165, 1.54) is 0 Å². The number of piperazine rings is 1. The van der Waals surface area contributed by atoms with E-state index in [0.717, 1.165) is 43.9 Å². The summed E-state index contributed by atoms with van der Waals surface area (Å²) in [5.41, 5.74) is 1.34. The lowest BCUT2D eigenvalue weighted by atomic mass is 9.62. The van der Waals surface area contributed by atoms with Gasteiger partial charge in [0, 0.05) is 67.0 Å². The van der Waals surface area contributed by atoms with Crippen molar-refractivity contribution in [3.05, 3.63) is 63.6 Å². The van der Waals surface area contributed by atoms with Gasteiger partial charge in [-0.15, -0.1) is 0 Å². The van der Waals surface area contributed by atoms with Gasteiger partial charge in [-0.3, -0.25) is 14.5 Å². The van der Waals surface area contributed by atoms with Crippen molar-refractivity contribution in [1.29, 1.82) is 0 Å². The maximum Gasteiger partial charge on any atom is 0.237 e. The first-order valence-corrected chi connectivity index (χ1v) is 14.2. The number of halogens is 2. The summed E-state index contributed by atoms with van der Waals surface area (Å²) in [6.45, 7) is 11.7. The molecule has 2 saturated heterocycles. The molecule has 2 amide bonds. The molecule has 3 aliphatic rings. The van der Waals surface area contributed by atoms with Crippen LogP contribution in [-0.2, 0) is 15.0 Å². The highest BCUT2D eigenvalue weighted by atomic mass is 35.5. The van der Waals surface area contributed by atoms with Crippen LogP contribution >= 0.6 is 23.2 Å². The Kier molecular flexibility index (Phi) is 7.77. The molecule has 2 aromatic rings. The molecule has 204 valence electrons. The van der Waals surface area contributed by atoms with Gasteiger partial charge in [0.15, 0.2) is 0 Å². The number of benzene rings is 2. The van der Waals surface area contributed by atoms with Crippen LogP contribution in [0.3, 0.4) is 0 Å². The Morgan fingerprint density at radius 2 is 1.84 bits per heavy atom. The van der Waals surface area contributed by atoms with E-state index >= 15 is 0 Å². The van der Waals surface area contributed by atoms with E-state index in [4.69, 9.17) is 23.2 Å². The number of amides is 2. The molecule has 1 spiro atoms. The second-order valence-corrected chi connectivity index (χ2v) is 12.8. The summed E-state index contributed by atoms with van der Waals surface area (Å²) in [7, 11) is 0. The summed E-state index contributed by atoms with van der Waals surface area (Å²) in [6.07, 6.45) is 0.699. The lowest BCUT2D eigenvalue weighted by molar-refractivity contribution is -0.123. The Labute approximate surface area is 235 Å². The van der Waals surface area contributed by atoms with Crippen molar-refractivity contribution in [1.82, 2.24) is 20.9 Å². The Morgan fingerprint density at radius 3 is 2.55 bits per heavy atom. The zero-order chi connectivity index (χ0) is 27.1. The van der Waals surface area contributed by atoms with Gasteiger partial charge in [0.05, 0.1) is 6.04 Å². The fourth-order valence-corrected chi connectivity index (χ4v) is 6.87. The number of carbonyl (C=O) groups is 2. The van der Waals surface area contributed by atoms with E-state index in [2.05, 4.69) is 46.9 Å². The second-order valence-electron chi connectivity index (χ2n) is 11.9. The van der Waals surface area contributed by atoms with Crippen molar-refractivity contribution in [2.45, 2.75) is 50.6 Å². The number of rotatable bonds is 6.